The molecule has 1 aliphatic rings. The Hall–Kier alpha value is -1.10. The van der Waals surface area contributed by atoms with Crippen molar-refractivity contribution in [3.05, 3.63) is 0 Å². The molecule has 80 valence electrons. The first-order valence-corrected chi connectivity index (χ1v) is 4.56. The van der Waals surface area contributed by atoms with Gasteiger partial charge in [0.25, 0.3) is 0 Å². The van der Waals surface area contributed by atoms with Crippen LogP contribution in [-0.2, 0) is 9.53 Å². The fourth-order valence-electron chi connectivity index (χ4n) is 1.17. The molecule has 0 aliphatic carbocycles. The SMILES string of the molecule is CC(C)(C)OC(=O)N1CC(=O)[C@@H](N)C1. The van der Waals surface area contributed by atoms with Crippen molar-refractivity contribution < 1.29 is 14.3 Å². The van der Waals surface area contributed by atoms with Crippen molar-refractivity contribution in [1.29, 1.82) is 0 Å². The Morgan fingerprint density at radius 1 is 1.57 bits per heavy atom. The molecule has 0 unspecified atom stereocenters. The fourth-order valence-corrected chi connectivity index (χ4v) is 1.17. The van der Waals surface area contributed by atoms with E-state index in [-0.39, 0.29) is 18.9 Å². The molecule has 14 heavy (non-hydrogen) atoms. The van der Waals surface area contributed by atoms with Gasteiger partial charge in [0, 0.05) is 6.54 Å². The molecule has 1 aliphatic heterocycles. The van der Waals surface area contributed by atoms with Crippen LogP contribution in [0.3, 0.4) is 0 Å². The monoisotopic (exact) mass is 200 g/mol. The Balaban J connectivity index is 2.52. The molecule has 2 N–H and O–H groups in total. The van der Waals surface area contributed by atoms with Crippen molar-refractivity contribution in [1.82, 2.24) is 4.90 Å². The molecule has 1 amide bonds. The molecule has 0 aromatic heterocycles. The molecule has 0 spiro atoms. The molecular weight excluding hydrogens is 184 g/mol. The number of hydrogen-bond donors (Lipinski definition) is 1. The second-order valence-corrected chi connectivity index (χ2v) is 4.43. The van der Waals surface area contributed by atoms with Gasteiger partial charge in [0.1, 0.15) is 5.60 Å². The zero-order valence-electron chi connectivity index (χ0n) is 8.74. The molecular formula is C9H16N2O3. The first kappa shape index (κ1) is 11.0. The number of carbonyl (C=O) groups excluding carboxylic acids is 2. The molecule has 5 nitrogen and oxygen atoms in total. The van der Waals surface area contributed by atoms with E-state index in [1.54, 1.807) is 20.8 Å². The van der Waals surface area contributed by atoms with Crippen molar-refractivity contribution in [2.45, 2.75) is 32.4 Å². The largest absolute Gasteiger partial charge is 0.444 e. The molecule has 5 heteroatoms. The Kier molecular flexibility index (Phi) is 2.80. The summed E-state index contributed by atoms with van der Waals surface area (Å²) < 4.78 is 5.10. The fraction of sp³-hybridized carbons (Fsp3) is 0.778. The van der Waals surface area contributed by atoms with Crippen LogP contribution in [0.4, 0.5) is 4.79 Å². The molecule has 0 aromatic carbocycles. The molecule has 0 aromatic rings. The molecule has 1 saturated heterocycles. The minimum atomic E-state index is -0.553. The third-order valence-electron chi connectivity index (χ3n) is 1.83. The molecule has 0 radical (unpaired) electrons. The predicted octanol–water partition coefficient (Wildman–Crippen LogP) is 0.134. The van der Waals surface area contributed by atoms with E-state index in [9.17, 15) is 9.59 Å². The number of Topliss-reactive ketones (excluding diaryl/α,β-unsaturated/α-hetero) is 1. The van der Waals surface area contributed by atoms with Gasteiger partial charge in [-0.1, -0.05) is 0 Å². The van der Waals surface area contributed by atoms with E-state index in [2.05, 4.69) is 0 Å². The van der Waals surface area contributed by atoms with Crippen LogP contribution >= 0.6 is 0 Å². The highest BCUT2D eigenvalue weighted by molar-refractivity contribution is 5.91. The first-order chi connectivity index (χ1) is 6.29. The van der Waals surface area contributed by atoms with Crippen LogP contribution < -0.4 is 5.73 Å². The van der Waals surface area contributed by atoms with Gasteiger partial charge in [-0.3, -0.25) is 9.69 Å². The van der Waals surface area contributed by atoms with Crippen LogP contribution in [-0.4, -0.2) is 41.5 Å². The Bertz CT molecular complexity index is 257. The average molecular weight is 200 g/mol. The zero-order valence-corrected chi connectivity index (χ0v) is 8.74. The molecule has 0 bridgehead atoms. The van der Waals surface area contributed by atoms with Gasteiger partial charge in [0.05, 0.1) is 12.6 Å². The predicted molar refractivity (Wildman–Crippen MR) is 50.8 cm³/mol. The maximum Gasteiger partial charge on any atom is 0.410 e. The van der Waals surface area contributed by atoms with Crippen LogP contribution in [0.25, 0.3) is 0 Å². The van der Waals surface area contributed by atoms with Gasteiger partial charge in [0.2, 0.25) is 0 Å². The van der Waals surface area contributed by atoms with E-state index in [0.717, 1.165) is 0 Å². The Morgan fingerprint density at radius 3 is 2.50 bits per heavy atom. The molecule has 1 rings (SSSR count). The summed E-state index contributed by atoms with van der Waals surface area (Å²) >= 11 is 0. The maximum absolute atomic E-state index is 11.4. The van der Waals surface area contributed by atoms with Crippen LogP contribution in [0.15, 0.2) is 0 Å². The minimum Gasteiger partial charge on any atom is -0.444 e. The first-order valence-electron chi connectivity index (χ1n) is 4.56. The number of carbonyl (C=O) groups is 2. The summed E-state index contributed by atoms with van der Waals surface area (Å²) in [6.07, 6.45) is -0.473. The number of rotatable bonds is 0. The van der Waals surface area contributed by atoms with Crippen LogP contribution in [0.5, 0.6) is 0 Å². The van der Waals surface area contributed by atoms with Crippen molar-refractivity contribution >= 4 is 11.9 Å². The number of nitrogens with two attached hydrogens (primary N) is 1. The smallest absolute Gasteiger partial charge is 0.410 e. The van der Waals surface area contributed by atoms with Crippen molar-refractivity contribution in [3.63, 3.8) is 0 Å². The highest BCUT2D eigenvalue weighted by Crippen LogP contribution is 2.12. The lowest BCUT2D eigenvalue weighted by Gasteiger charge is -2.23. The van der Waals surface area contributed by atoms with Crippen molar-refractivity contribution in [3.8, 4) is 0 Å². The van der Waals surface area contributed by atoms with E-state index in [4.69, 9.17) is 10.5 Å². The maximum atomic E-state index is 11.4. The number of likely N-dealkylation sites (tertiary alicyclic amines) is 1. The van der Waals surface area contributed by atoms with Crippen LogP contribution in [0.1, 0.15) is 20.8 Å². The van der Waals surface area contributed by atoms with Gasteiger partial charge in [-0.25, -0.2) is 4.79 Å². The van der Waals surface area contributed by atoms with E-state index >= 15 is 0 Å². The summed E-state index contributed by atoms with van der Waals surface area (Å²) in [5.74, 6) is -0.115. The summed E-state index contributed by atoms with van der Waals surface area (Å²) in [6.45, 7) is 5.66. The van der Waals surface area contributed by atoms with E-state index in [0.29, 0.717) is 0 Å². The third-order valence-corrected chi connectivity index (χ3v) is 1.83. The average Bonchev–Trinajstić information content (AvgIpc) is 2.28. The van der Waals surface area contributed by atoms with Crippen LogP contribution in [0.2, 0.25) is 0 Å². The van der Waals surface area contributed by atoms with Gasteiger partial charge < -0.3 is 10.5 Å². The van der Waals surface area contributed by atoms with E-state index in [1.165, 1.54) is 4.90 Å². The lowest BCUT2D eigenvalue weighted by atomic mass is 10.2. The van der Waals surface area contributed by atoms with Crippen molar-refractivity contribution in [2.24, 2.45) is 5.73 Å². The summed E-state index contributed by atoms with van der Waals surface area (Å²) in [5, 5.41) is 0. The standard InChI is InChI=1S/C9H16N2O3/c1-9(2,3)14-8(13)11-4-6(10)7(12)5-11/h6H,4-5,10H2,1-3H3/t6-/m0/s1. The van der Waals surface area contributed by atoms with Gasteiger partial charge >= 0.3 is 6.09 Å². The Morgan fingerprint density at radius 2 is 2.14 bits per heavy atom. The second-order valence-electron chi connectivity index (χ2n) is 4.43. The summed E-state index contributed by atoms with van der Waals surface area (Å²) in [5.41, 5.74) is 4.94. The van der Waals surface area contributed by atoms with E-state index < -0.39 is 17.7 Å². The number of amides is 1. The summed E-state index contributed by atoms with van der Waals surface area (Å²) in [4.78, 5) is 23.9. The normalized spacial score (nSPS) is 22.7. The number of ether oxygens (including phenoxy) is 1. The van der Waals surface area contributed by atoms with E-state index in [1.807, 2.05) is 0 Å². The van der Waals surface area contributed by atoms with Gasteiger partial charge in [-0.15, -0.1) is 0 Å². The topological polar surface area (TPSA) is 72.6 Å². The third kappa shape index (κ3) is 2.70. The minimum absolute atomic E-state index is 0.0656. The lowest BCUT2D eigenvalue weighted by Crippen LogP contribution is -2.36. The zero-order chi connectivity index (χ0) is 10.9. The lowest BCUT2D eigenvalue weighted by molar-refractivity contribution is -0.117. The van der Waals surface area contributed by atoms with Gasteiger partial charge in [-0.05, 0) is 20.8 Å². The molecule has 1 heterocycles. The van der Waals surface area contributed by atoms with Gasteiger partial charge in [0.15, 0.2) is 5.78 Å². The second kappa shape index (κ2) is 3.57. The summed E-state index contributed by atoms with van der Waals surface area (Å²) in [6, 6.07) is -0.553. The van der Waals surface area contributed by atoms with Gasteiger partial charge in [-0.2, -0.15) is 0 Å². The van der Waals surface area contributed by atoms with Crippen LogP contribution in [0, 0.1) is 0 Å². The number of ketones is 1. The number of nitrogens with zero attached hydrogens (tertiary/aromatic N) is 1. The molecule has 0 saturated carbocycles. The quantitative estimate of drug-likeness (QED) is 0.603. The Labute approximate surface area is 83.2 Å². The highest BCUT2D eigenvalue weighted by atomic mass is 16.6. The molecule has 1 atom stereocenters. The highest BCUT2D eigenvalue weighted by Gasteiger charge is 2.33. The number of hydrogen-bond acceptors (Lipinski definition) is 4. The summed E-state index contributed by atoms with van der Waals surface area (Å²) in [7, 11) is 0. The molecule has 1 fully saturated rings. The van der Waals surface area contributed by atoms with Crippen molar-refractivity contribution in [2.75, 3.05) is 13.1 Å².